The molecule has 1 atom stereocenters. The third kappa shape index (κ3) is 4.26. The number of nitrogens with one attached hydrogen (secondary N) is 1. The van der Waals surface area contributed by atoms with Crippen LogP contribution in [0.1, 0.15) is 12.8 Å². The number of aliphatic hydroxyl groups is 1. The summed E-state index contributed by atoms with van der Waals surface area (Å²) in [7, 11) is 0. The Kier molecular flexibility index (Phi) is 5.54. The minimum atomic E-state index is -0.324. The Morgan fingerprint density at radius 1 is 1.39 bits per heavy atom. The van der Waals surface area contributed by atoms with E-state index in [9.17, 15) is 5.11 Å². The SMILES string of the molecule is OC(CNc1ccc(Cl)cc1I)CN1CCCC1. The van der Waals surface area contributed by atoms with E-state index in [1.807, 2.05) is 18.2 Å². The fraction of sp³-hybridized carbons (Fsp3) is 0.538. The molecule has 1 aliphatic rings. The van der Waals surface area contributed by atoms with Gasteiger partial charge in [0.15, 0.2) is 0 Å². The van der Waals surface area contributed by atoms with Crippen molar-refractivity contribution in [3.05, 3.63) is 26.8 Å². The number of nitrogens with zero attached hydrogens (tertiary/aromatic N) is 1. The van der Waals surface area contributed by atoms with Crippen LogP contribution < -0.4 is 5.32 Å². The maximum absolute atomic E-state index is 9.98. The van der Waals surface area contributed by atoms with Crippen LogP contribution in [0.2, 0.25) is 5.02 Å². The van der Waals surface area contributed by atoms with Gasteiger partial charge in [0, 0.05) is 27.4 Å². The molecule has 1 aromatic rings. The second kappa shape index (κ2) is 6.93. The second-order valence-corrected chi connectivity index (χ2v) is 6.27. The summed E-state index contributed by atoms with van der Waals surface area (Å²) in [6.45, 7) is 3.58. The zero-order chi connectivity index (χ0) is 13.0. The molecule has 1 fully saturated rings. The van der Waals surface area contributed by atoms with E-state index >= 15 is 0 Å². The lowest BCUT2D eigenvalue weighted by Crippen LogP contribution is -2.34. The molecule has 2 N–H and O–H groups in total. The number of β-amino-alcohol motifs (C(OH)–C–C–N with tert-alkyl or cyclic N) is 1. The van der Waals surface area contributed by atoms with Gasteiger partial charge in [0.2, 0.25) is 0 Å². The van der Waals surface area contributed by atoms with E-state index in [0.29, 0.717) is 6.54 Å². The summed E-state index contributed by atoms with van der Waals surface area (Å²) in [6, 6.07) is 5.73. The molecule has 0 saturated carbocycles. The number of likely N-dealkylation sites (tertiary alicyclic amines) is 1. The van der Waals surface area contributed by atoms with E-state index in [2.05, 4.69) is 32.8 Å². The Labute approximate surface area is 127 Å². The van der Waals surface area contributed by atoms with Crippen molar-refractivity contribution in [1.29, 1.82) is 0 Å². The number of anilines is 1. The van der Waals surface area contributed by atoms with Crippen molar-refractivity contribution in [2.75, 3.05) is 31.5 Å². The first kappa shape index (κ1) is 14.4. The van der Waals surface area contributed by atoms with Gasteiger partial charge in [-0.15, -0.1) is 0 Å². The Balaban J connectivity index is 1.79. The van der Waals surface area contributed by atoms with E-state index in [4.69, 9.17) is 11.6 Å². The summed E-state index contributed by atoms with van der Waals surface area (Å²) in [5.41, 5.74) is 1.03. The minimum absolute atomic E-state index is 0.324. The topological polar surface area (TPSA) is 35.5 Å². The van der Waals surface area contributed by atoms with Gasteiger partial charge in [0.1, 0.15) is 0 Å². The van der Waals surface area contributed by atoms with E-state index in [-0.39, 0.29) is 6.10 Å². The average molecular weight is 381 g/mol. The van der Waals surface area contributed by atoms with Gasteiger partial charge < -0.3 is 15.3 Å². The molecule has 1 aliphatic heterocycles. The van der Waals surface area contributed by atoms with Crippen LogP contribution in [0.4, 0.5) is 5.69 Å². The molecule has 2 rings (SSSR count). The monoisotopic (exact) mass is 380 g/mol. The highest BCUT2D eigenvalue weighted by atomic mass is 127. The lowest BCUT2D eigenvalue weighted by molar-refractivity contribution is 0.135. The average Bonchev–Trinajstić information content (AvgIpc) is 2.80. The smallest absolute Gasteiger partial charge is 0.0839 e. The van der Waals surface area contributed by atoms with Gasteiger partial charge in [-0.1, -0.05) is 11.6 Å². The molecule has 0 aliphatic carbocycles. The van der Waals surface area contributed by atoms with Crippen LogP contribution in [0.5, 0.6) is 0 Å². The molecule has 1 aromatic carbocycles. The van der Waals surface area contributed by atoms with Gasteiger partial charge >= 0.3 is 0 Å². The largest absolute Gasteiger partial charge is 0.390 e. The Bertz CT molecular complexity index is 397. The number of halogens is 2. The molecule has 1 heterocycles. The number of aliphatic hydroxyl groups excluding tert-OH is 1. The van der Waals surface area contributed by atoms with Crippen LogP contribution in [0.3, 0.4) is 0 Å². The zero-order valence-corrected chi connectivity index (χ0v) is 13.1. The first-order valence-electron chi connectivity index (χ1n) is 6.24. The van der Waals surface area contributed by atoms with Gasteiger partial charge in [0.25, 0.3) is 0 Å². The van der Waals surface area contributed by atoms with E-state index in [1.165, 1.54) is 12.8 Å². The Morgan fingerprint density at radius 2 is 2.11 bits per heavy atom. The molecule has 0 radical (unpaired) electrons. The highest BCUT2D eigenvalue weighted by Gasteiger charge is 2.15. The van der Waals surface area contributed by atoms with Crippen LogP contribution >= 0.6 is 34.2 Å². The predicted octanol–water partition coefficient (Wildman–Crippen LogP) is 2.81. The van der Waals surface area contributed by atoms with E-state index in [1.54, 1.807) is 0 Å². The molecule has 5 heteroatoms. The van der Waals surface area contributed by atoms with Crippen LogP contribution in [-0.4, -0.2) is 42.3 Å². The van der Waals surface area contributed by atoms with Crippen molar-refractivity contribution >= 4 is 39.9 Å². The van der Waals surface area contributed by atoms with Crippen LogP contribution in [-0.2, 0) is 0 Å². The quantitative estimate of drug-likeness (QED) is 0.771. The number of rotatable bonds is 5. The van der Waals surface area contributed by atoms with E-state index in [0.717, 1.165) is 33.9 Å². The Morgan fingerprint density at radius 3 is 2.78 bits per heavy atom. The van der Waals surface area contributed by atoms with Crippen molar-refractivity contribution in [3.8, 4) is 0 Å². The summed E-state index contributed by atoms with van der Waals surface area (Å²) in [6.07, 6.45) is 2.19. The summed E-state index contributed by atoms with van der Waals surface area (Å²) >= 11 is 8.15. The molecule has 0 bridgehead atoms. The van der Waals surface area contributed by atoms with Crippen LogP contribution in [0.15, 0.2) is 18.2 Å². The third-order valence-corrected chi connectivity index (χ3v) is 4.25. The predicted molar refractivity (Wildman–Crippen MR) is 84.3 cm³/mol. The zero-order valence-electron chi connectivity index (χ0n) is 10.2. The van der Waals surface area contributed by atoms with Gasteiger partial charge in [-0.2, -0.15) is 0 Å². The number of hydrogen-bond donors (Lipinski definition) is 2. The number of benzene rings is 1. The van der Waals surface area contributed by atoms with Gasteiger partial charge in [-0.05, 0) is 66.7 Å². The van der Waals surface area contributed by atoms with Gasteiger partial charge in [0.05, 0.1) is 6.10 Å². The lowest BCUT2D eigenvalue weighted by Gasteiger charge is -2.20. The minimum Gasteiger partial charge on any atom is -0.390 e. The summed E-state index contributed by atoms with van der Waals surface area (Å²) in [5, 5.41) is 14.0. The highest BCUT2D eigenvalue weighted by molar-refractivity contribution is 14.1. The summed E-state index contributed by atoms with van der Waals surface area (Å²) < 4.78 is 1.08. The van der Waals surface area contributed by atoms with Crippen LogP contribution in [0.25, 0.3) is 0 Å². The first-order chi connectivity index (χ1) is 8.65. The summed E-state index contributed by atoms with van der Waals surface area (Å²) in [4.78, 5) is 2.32. The standard InChI is InChI=1S/C13H18ClIN2O/c14-10-3-4-13(12(15)7-10)16-8-11(18)9-17-5-1-2-6-17/h3-4,7,11,16,18H,1-2,5-6,8-9H2. The van der Waals surface area contributed by atoms with Crippen molar-refractivity contribution in [2.45, 2.75) is 18.9 Å². The molecule has 0 aromatic heterocycles. The molecule has 100 valence electrons. The van der Waals surface area contributed by atoms with Gasteiger partial charge in [-0.25, -0.2) is 0 Å². The Hall–Kier alpha value is -0.0400. The normalized spacial score (nSPS) is 17.9. The molecule has 0 spiro atoms. The second-order valence-electron chi connectivity index (χ2n) is 4.67. The molecule has 18 heavy (non-hydrogen) atoms. The fourth-order valence-electron chi connectivity index (χ4n) is 2.19. The van der Waals surface area contributed by atoms with Crippen molar-refractivity contribution in [1.82, 2.24) is 4.90 Å². The van der Waals surface area contributed by atoms with E-state index < -0.39 is 0 Å². The van der Waals surface area contributed by atoms with Crippen molar-refractivity contribution < 1.29 is 5.11 Å². The number of hydrogen-bond acceptors (Lipinski definition) is 3. The van der Waals surface area contributed by atoms with Crippen molar-refractivity contribution in [3.63, 3.8) is 0 Å². The lowest BCUT2D eigenvalue weighted by atomic mass is 10.3. The van der Waals surface area contributed by atoms with Crippen LogP contribution in [0, 0.1) is 3.57 Å². The molecule has 1 saturated heterocycles. The molecular weight excluding hydrogens is 363 g/mol. The fourth-order valence-corrected chi connectivity index (χ4v) is 3.25. The first-order valence-corrected chi connectivity index (χ1v) is 7.70. The molecule has 1 unspecified atom stereocenters. The van der Waals surface area contributed by atoms with Crippen molar-refractivity contribution in [2.24, 2.45) is 0 Å². The molecular formula is C13H18ClIN2O. The maximum atomic E-state index is 9.98. The molecule has 0 amide bonds. The van der Waals surface area contributed by atoms with Gasteiger partial charge in [-0.3, -0.25) is 0 Å². The summed E-state index contributed by atoms with van der Waals surface area (Å²) in [5.74, 6) is 0. The third-order valence-electron chi connectivity index (χ3n) is 3.13. The molecule has 3 nitrogen and oxygen atoms in total. The highest BCUT2D eigenvalue weighted by Crippen LogP contribution is 2.22. The maximum Gasteiger partial charge on any atom is 0.0839 e.